The molecule has 0 spiro atoms. The lowest BCUT2D eigenvalue weighted by molar-refractivity contribution is 0.242. The summed E-state index contributed by atoms with van der Waals surface area (Å²) in [5.41, 5.74) is 0.891. The van der Waals surface area contributed by atoms with Gasteiger partial charge >= 0.3 is 0 Å². The molecule has 1 aromatic rings. The minimum atomic E-state index is -0.280. The second-order valence-corrected chi connectivity index (χ2v) is 5.81. The molecule has 19 heavy (non-hydrogen) atoms. The molecule has 2 unspecified atom stereocenters. The Labute approximate surface area is 116 Å². The summed E-state index contributed by atoms with van der Waals surface area (Å²) in [6.07, 6.45) is 4.10. The number of rotatable bonds is 7. The molecule has 0 fully saturated rings. The van der Waals surface area contributed by atoms with Gasteiger partial charge in [-0.3, -0.25) is 4.98 Å². The number of nitrogens with zero attached hydrogens (tertiary/aromatic N) is 2. The molecule has 0 radical (unpaired) electrons. The average Bonchev–Trinajstić information content (AvgIpc) is 2.33. The SMILES string of the molecule is CC(C)CC(CNC(C)c1cncc(F)c1)N(C)C. The molecule has 1 N–H and O–H groups in total. The van der Waals surface area contributed by atoms with E-state index < -0.39 is 0 Å². The van der Waals surface area contributed by atoms with Crippen LogP contribution < -0.4 is 5.32 Å². The molecular weight excluding hydrogens is 241 g/mol. The van der Waals surface area contributed by atoms with Gasteiger partial charge in [-0.25, -0.2) is 4.39 Å². The molecule has 1 heterocycles. The Hall–Kier alpha value is -1.00. The number of likely N-dealkylation sites (N-methyl/N-ethyl adjacent to an activating group) is 1. The van der Waals surface area contributed by atoms with E-state index in [1.807, 2.05) is 6.92 Å². The monoisotopic (exact) mass is 267 g/mol. The number of hydrogen-bond acceptors (Lipinski definition) is 3. The zero-order chi connectivity index (χ0) is 14.4. The van der Waals surface area contributed by atoms with Gasteiger partial charge in [-0.15, -0.1) is 0 Å². The fourth-order valence-corrected chi connectivity index (χ4v) is 2.12. The smallest absolute Gasteiger partial charge is 0.141 e. The Morgan fingerprint density at radius 3 is 2.47 bits per heavy atom. The van der Waals surface area contributed by atoms with Gasteiger partial charge in [0.2, 0.25) is 0 Å². The first-order chi connectivity index (χ1) is 8.90. The van der Waals surface area contributed by atoms with Gasteiger partial charge < -0.3 is 10.2 Å². The summed E-state index contributed by atoms with van der Waals surface area (Å²) in [4.78, 5) is 6.13. The minimum Gasteiger partial charge on any atom is -0.309 e. The molecule has 0 aliphatic carbocycles. The van der Waals surface area contributed by atoms with Crippen LogP contribution in [0.25, 0.3) is 0 Å². The van der Waals surface area contributed by atoms with Crippen molar-refractivity contribution in [1.82, 2.24) is 15.2 Å². The second kappa shape index (κ2) is 7.56. The van der Waals surface area contributed by atoms with E-state index >= 15 is 0 Å². The molecule has 0 aliphatic rings. The highest BCUT2D eigenvalue weighted by atomic mass is 19.1. The predicted molar refractivity (Wildman–Crippen MR) is 77.5 cm³/mol. The highest BCUT2D eigenvalue weighted by Crippen LogP contribution is 2.14. The third kappa shape index (κ3) is 5.66. The maximum Gasteiger partial charge on any atom is 0.141 e. The highest BCUT2D eigenvalue weighted by Gasteiger charge is 2.15. The van der Waals surface area contributed by atoms with E-state index in [0.29, 0.717) is 12.0 Å². The molecule has 1 aromatic heterocycles. The van der Waals surface area contributed by atoms with E-state index in [9.17, 15) is 4.39 Å². The van der Waals surface area contributed by atoms with Crippen molar-refractivity contribution >= 4 is 0 Å². The molecule has 0 saturated heterocycles. The van der Waals surface area contributed by atoms with Crippen molar-refractivity contribution in [1.29, 1.82) is 0 Å². The fourth-order valence-electron chi connectivity index (χ4n) is 2.12. The normalized spacial score (nSPS) is 14.9. The van der Waals surface area contributed by atoms with Crippen LogP contribution in [-0.4, -0.2) is 36.6 Å². The number of halogens is 1. The lowest BCUT2D eigenvalue weighted by Crippen LogP contribution is -2.39. The van der Waals surface area contributed by atoms with Crippen molar-refractivity contribution in [2.24, 2.45) is 5.92 Å². The van der Waals surface area contributed by atoms with Crippen molar-refractivity contribution in [3.8, 4) is 0 Å². The Balaban J connectivity index is 2.54. The van der Waals surface area contributed by atoms with Gasteiger partial charge in [0.25, 0.3) is 0 Å². The van der Waals surface area contributed by atoms with Crippen LogP contribution in [0, 0.1) is 11.7 Å². The lowest BCUT2D eigenvalue weighted by atomic mass is 10.0. The zero-order valence-corrected chi connectivity index (χ0v) is 12.7. The quantitative estimate of drug-likeness (QED) is 0.823. The summed E-state index contributed by atoms with van der Waals surface area (Å²) in [6, 6.07) is 2.14. The molecule has 0 aromatic carbocycles. The van der Waals surface area contributed by atoms with E-state index in [1.165, 1.54) is 12.3 Å². The van der Waals surface area contributed by atoms with Gasteiger partial charge in [-0.2, -0.15) is 0 Å². The lowest BCUT2D eigenvalue weighted by Gasteiger charge is -2.28. The number of aromatic nitrogens is 1. The standard InChI is InChI=1S/C15H26FN3/c1-11(2)6-15(19(4)5)10-18-12(3)13-7-14(16)9-17-8-13/h7-9,11-12,15,18H,6,10H2,1-5H3. The molecule has 0 bridgehead atoms. The van der Waals surface area contributed by atoms with E-state index in [1.54, 1.807) is 6.20 Å². The van der Waals surface area contributed by atoms with Crippen LogP contribution in [0.15, 0.2) is 18.5 Å². The third-order valence-corrected chi connectivity index (χ3v) is 3.36. The molecule has 108 valence electrons. The van der Waals surface area contributed by atoms with Gasteiger partial charge in [0, 0.05) is 24.8 Å². The van der Waals surface area contributed by atoms with Crippen molar-refractivity contribution in [2.75, 3.05) is 20.6 Å². The first-order valence-electron chi connectivity index (χ1n) is 6.90. The van der Waals surface area contributed by atoms with Gasteiger partial charge in [0.15, 0.2) is 0 Å². The van der Waals surface area contributed by atoms with E-state index in [0.717, 1.165) is 18.5 Å². The maximum atomic E-state index is 13.1. The summed E-state index contributed by atoms with van der Waals surface area (Å²) >= 11 is 0. The van der Waals surface area contributed by atoms with Crippen molar-refractivity contribution in [2.45, 2.75) is 39.3 Å². The Morgan fingerprint density at radius 2 is 1.95 bits per heavy atom. The Morgan fingerprint density at radius 1 is 1.26 bits per heavy atom. The molecule has 0 amide bonds. The van der Waals surface area contributed by atoms with Crippen LogP contribution in [0.1, 0.15) is 38.8 Å². The van der Waals surface area contributed by atoms with Crippen LogP contribution in [0.2, 0.25) is 0 Å². The summed E-state index contributed by atoms with van der Waals surface area (Å²) in [5, 5.41) is 3.46. The Kier molecular flexibility index (Phi) is 6.38. The van der Waals surface area contributed by atoms with Gasteiger partial charge in [-0.1, -0.05) is 13.8 Å². The van der Waals surface area contributed by atoms with Crippen LogP contribution in [-0.2, 0) is 0 Å². The summed E-state index contributed by atoms with van der Waals surface area (Å²) in [6.45, 7) is 7.40. The second-order valence-electron chi connectivity index (χ2n) is 5.81. The summed E-state index contributed by atoms with van der Waals surface area (Å²) < 4.78 is 13.1. The van der Waals surface area contributed by atoms with Crippen molar-refractivity contribution in [3.63, 3.8) is 0 Å². The van der Waals surface area contributed by atoms with E-state index in [4.69, 9.17) is 0 Å². The molecular formula is C15H26FN3. The van der Waals surface area contributed by atoms with Crippen molar-refractivity contribution in [3.05, 3.63) is 29.8 Å². The van der Waals surface area contributed by atoms with Gasteiger partial charge in [0.05, 0.1) is 6.20 Å². The van der Waals surface area contributed by atoms with Crippen LogP contribution in [0.4, 0.5) is 4.39 Å². The van der Waals surface area contributed by atoms with Gasteiger partial charge in [-0.05, 0) is 45.0 Å². The summed E-state index contributed by atoms with van der Waals surface area (Å²) in [5.74, 6) is 0.387. The zero-order valence-electron chi connectivity index (χ0n) is 12.7. The first-order valence-corrected chi connectivity index (χ1v) is 6.90. The number of hydrogen-bond donors (Lipinski definition) is 1. The molecule has 0 saturated carbocycles. The fraction of sp³-hybridized carbons (Fsp3) is 0.667. The number of nitrogens with one attached hydrogen (secondary N) is 1. The average molecular weight is 267 g/mol. The molecule has 3 nitrogen and oxygen atoms in total. The van der Waals surface area contributed by atoms with Gasteiger partial charge in [0.1, 0.15) is 5.82 Å². The third-order valence-electron chi connectivity index (χ3n) is 3.36. The molecule has 2 atom stereocenters. The highest BCUT2D eigenvalue weighted by molar-refractivity contribution is 5.14. The summed E-state index contributed by atoms with van der Waals surface area (Å²) in [7, 11) is 4.20. The minimum absolute atomic E-state index is 0.109. The number of pyridine rings is 1. The van der Waals surface area contributed by atoms with E-state index in [-0.39, 0.29) is 11.9 Å². The van der Waals surface area contributed by atoms with E-state index in [2.05, 4.69) is 43.1 Å². The molecule has 0 aliphatic heterocycles. The van der Waals surface area contributed by atoms with Crippen LogP contribution in [0.3, 0.4) is 0 Å². The topological polar surface area (TPSA) is 28.2 Å². The largest absolute Gasteiger partial charge is 0.309 e. The predicted octanol–water partition coefficient (Wildman–Crippen LogP) is 2.85. The maximum absolute atomic E-state index is 13.1. The first kappa shape index (κ1) is 16.1. The van der Waals surface area contributed by atoms with Crippen LogP contribution >= 0.6 is 0 Å². The molecule has 4 heteroatoms. The van der Waals surface area contributed by atoms with Crippen molar-refractivity contribution < 1.29 is 4.39 Å². The van der Waals surface area contributed by atoms with Crippen LogP contribution in [0.5, 0.6) is 0 Å². The molecule has 1 rings (SSSR count). The Bertz CT molecular complexity index is 379.